The van der Waals surface area contributed by atoms with E-state index in [9.17, 15) is 0 Å². The second kappa shape index (κ2) is 5.38. The van der Waals surface area contributed by atoms with Crippen LogP contribution in [0.1, 0.15) is 19.3 Å². The van der Waals surface area contributed by atoms with Crippen LogP contribution in [-0.2, 0) is 0 Å². The van der Waals surface area contributed by atoms with Gasteiger partial charge in [0.05, 0.1) is 10.5 Å². The van der Waals surface area contributed by atoms with E-state index >= 15 is 0 Å². The number of aromatic nitrogens is 1. The van der Waals surface area contributed by atoms with Gasteiger partial charge in [0.15, 0.2) is 0 Å². The molecule has 120 valence electrons. The third-order valence-electron chi connectivity index (χ3n) is 4.94. The van der Waals surface area contributed by atoms with Gasteiger partial charge in [-0.2, -0.15) is 0 Å². The molecule has 3 heterocycles. The number of fused-ring (bicyclic) bond motifs is 4. The van der Waals surface area contributed by atoms with Crippen LogP contribution in [-0.4, -0.2) is 18.1 Å². The maximum absolute atomic E-state index is 6.37. The molecule has 3 aliphatic heterocycles. The highest BCUT2D eigenvalue weighted by Gasteiger charge is 2.18. The molecule has 0 amide bonds. The topological polar surface area (TPSA) is 29.3 Å². The summed E-state index contributed by atoms with van der Waals surface area (Å²) in [5.41, 5.74) is 3.98. The summed E-state index contributed by atoms with van der Waals surface area (Å²) in [6, 6.07) is 14.4. The Hall–Kier alpha value is -2.26. The van der Waals surface area contributed by atoms with Crippen molar-refractivity contribution in [2.24, 2.45) is 0 Å². The highest BCUT2D eigenvalue weighted by molar-refractivity contribution is 6.36. The first kappa shape index (κ1) is 14.1. The monoisotopic (exact) mass is 336 g/mol. The lowest BCUT2D eigenvalue weighted by molar-refractivity contribution is 0.576. The minimum atomic E-state index is 0.654. The van der Waals surface area contributed by atoms with E-state index in [0.29, 0.717) is 5.89 Å². The first-order valence-electron chi connectivity index (χ1n) is 8.46. The first-order valence-corrected chi connectivity index (χ1v) is 8.84. The molecule has 0 atom stereocenters. The van der Waals surface area contributed by atoms with Gasteiger partial charge in [-0.15, -0.1) is 0 Å². The summed E-state index contributed by atoms with van der Waals surface area (Å²) >= 11 is 6.37. The zero-order chi connectivity index (χ0) is 16.1. The molecule has 3 nitrogen and oxygen atoms in total. The number of benzene rings is 2. The number of rotatable bonds is 1. The van der Waals surface area contributed by atoms with Crippen LogP contribution in [0.15, 0.2) is 46.9 Å². The van der Waals surface area contributed by atoms with Crippen molar-refractivity contribution in [1.82, 2.24) is 4.98 Å². The Morgan fingerprint density at radius 1 is 1.00 bits per heavy atom. The van der Waals surface area contributed by atoms with Gasteiger partial charge in [0.2, 0.25) is 5.89 Å². The van der Waals surface area contributed by atoms with Crippen molar-refractivity contribution < 1.29 is 4.42 Å². The van der Waals surface area contributed by atoms with Crippen LogP contribution >= 0.6 is 11.6 Å². The normalized spacial score (nSPS) is 15.6. The second-order valence-electron chi connectivity index (χ2n) is 6.48. The highest BCUT2D eigenvalue weighted by atomic mass is 35.5. The lowest BCUT2D eigenvalue weighted by atomic mass is 10.1. The number of anilines is 1. The molecule has 0 saturated carbocycles. The average molecular weight is 337 g/mol. The molecule has 0 N–H and O–H groups in total. The fourth-order valence-corrected chi connectivity index (χ4v) is 3.97. The summed E-state index contributed by atoms with van der Waals surface area (Å²) in [6.45, 7) is 2.25. The van der Waals surface area contributed by atoms with Gasteiger partial charge in [-0.1, -0.05) is 17.7 Å². The van der Waals surface area contributed by atoms with Crippen LogP contribution in [0.2, 0.25) is 5.02 Å². The molecule has 5 rings (SSSR count). The fraction of sp³-hybridized carbons (Fsp3) is 0.250. The van der Waals surface area contributed by atoms with E-state index in [1.54, 1.807) is 0 Å². The van der Waals surface area contributed by atoms with Crippen LogP contribution < -0.4 is 4.90 Å². The molecule has 24 heavy (non-hydrogen) atoms. The largest absolute Gasteiger partial charge is 0.438 e. The van der Waals surface area contributed by atoms with E-state index in [1.165, 1.54) is 24.9 Å². The molecular weight excluding hydrogens is 320 g/mol. The second-order valence-corrected chi connectivity index (χ2v) is 6.89. The first-order chi connectivity index (χ1) is 11.8. The number of piperidine rings is 1. The summed E-state index contributed by atoms with van der Waals surface area (Å²) in [5.74, 6) is 0.654. The minimum Gasteiger partial charge on any atom is -0.438 e. The Kier molecular flexibility index (Phi) is 3.17. The molecule has 0 spiro atoms. The van der Waals surface area contributed by atoms with Gasteiger partial charge in [0.1, 0.15) is 5.58 Å². The van der Waals surface area contributed by atoms with Crippen LogP contribution in [0.3, 0.4) is 0 Å². The standard InChI is InChI=1S/C20H17ClN2O/c21-16-5-4-6-17-19(16)15-11-13-7-8-14(23-9-2-1-3-10-23)12-18(13)24-20(15)22-17/h4-8,11-12H,1-3,9-10H2. The summed E-state index contributed by atoms with van der Waals surface area (Å²) < 4.78 is 6.12. The Morgan fingerprint density at radius 3 is 2.75 bits per heavy atom. The van der Waals surface area contributed by atoms with Crippen molar-refractivity contribution in [2.75, 3.05) is 18.0 Å². The number of hydrogen-bond acceptors (Lipinski definition) is 3. The maximum atomic E-state index is 6.37. The molecule has 0 radical (unpaired) electrons. The van der Waals surface area contributed by atoms with Gasteiger partial charge in [-0.25, -0.2) is 4.98 Å². The van der Waals surface area contributed by atoms with Crippen LogP contribution in [0.4, 0.5) is 5.69 Å². The Morgan fingerprint density at radius 2 is 1.88 bits per heavy atom. The maximum Gasteiger partial charge on any atom is 0.227 e. The predicted molar refractivity (Wildman–Crippen MR) is 99.2 cm³/mol. The molecule has 0 aromatic heterocycles. The van der Waals surface area contributed by atoms with Crippen LogP contribution in [0.25, 0.3) is 33.3 Å². The summed E-state index contributed by atoms with van der Waals surface area (Å²) in [5, 5.41) is 2.77. The van der Waals surface area contributed by atoms with Crippen LogP contribution in [0.5, 0.6) is 0 Å². The number of halogens is 1. The van der Waals surface area contributed by atoms with E-state index in [2.05, 4.69) is 34.1 Å². The number of hydrogen-bond donors (Lipinski definition) is 0. The summed E-state index contributed by atoms with van der Waals surface area (Å²) in [4.78, 5) is 7.04. The van der Waals surface area contributed by atoms with Gasteiger partial charge < -0.3 is 9.32 Å². The summed E-state index contributed by atoms with van der Waals surface area (Å²) in [6.07, 6.45) is 3.87. The molecule has 2 aromatic carbocycles. The van der Waals surface area contributed by atoms with E-state index in [1.807, 2.05) is 18.2 Å². The lowest BCUT2D eigenvalue weighted by Crippen LogP contribution is -2.29. The van der Waals surface area contributed by atoms with Crippen molar-refractivity contribution in [3.63, 3.8) is 0 Å². The molecule has 1 saturated heterocycles. The van der Waals surface area contributed by atoms with Gasteiger partial charge >= 0.3 is 0 Å². The van der Waals surface area contributed by atoms with Crippen molar-refractivity contribution in [3.8, 4) is 11.5 Å². The minimum absolute atomic E-state index is 0.654. The zero-order valence-corrected chi connectivity index (χ0v) is 14.0. The van der Waals surface area contributed by atoms with Gasteiger partial charge in [-0.3, -0.25) is 0 Å². The van der Waals surface area contributed by atoms with Gasteiger partial charge in [0, 0.05) is 41.2 Å². The molecule has 0 aliphatic carbocycles. The Balaban J connectivity index is 1.70. The Labute approximate surface area is 145 Å². The quantitative estimate of drug-likeness (QED) is 0.444. The molecule has 3 aliphatic rings. The number of nitrogens with zero attached hydrogens (tertiary/aromatic N) is 2. The molecule has 1 fully saturated rings. The average Bonchev–Trinajstić information content (AvgIpc) is 2.98. The Bertz CT molecular complexity index is 1020. The smallest absolute Gasteiger partial charge is 0.227 e. The van der Waals surface area contributed by atoms with Gasteiger partial charge in [-0.05, 0) is 49.6 Å². The summed E-state index contributed by atoms with van der Waals surface area (Å²) in [7, 11) is 0. The van der Waals surface area contributed by atoms with E-state index in [0.717, 1.165) is 45.5 Å². The van der Waals surface area contributed by atoms with E-state index < -0.39 is 0 Å². The van der Waals surface area contributed by atoms with Crippen molar-refractivity contribution in [1.29, 1.82) is 0 Å². The molecule has 0 unspecified atom stereocenters. The molecule has 4 heteroatoms. The molecule has 0 bridgehead atoms. The molecule has 2 aromatic rings. The fourth-order valence-electron chi connectivity index (χ4n) is 3.70. The van der Waals surface area contributed by atoms with Crippen molar-refractivity contribution >= 4 is 39.2 Å². The lowest BCUT2D eigenvalue weighted by Gasteiger charge is -2.28. The third-order valence-corrected chi connectivity index (χ3v) is 5.25. The van der Waals surface area contributed by atoms with Crippen molar-refractivity contribution in [2.45, 2.75) is 19.3 Å². The SMILES string of the molecule is Clc1cccc2nc3oc4cc(N5CCCCC5)ccc4cc-3c12. The van der Waals surface area contributed by atoms with E-state index in [-0.39, 0.29) is 0 Å². The van der Waals surface area contributed by atoms with Gasteiger partial charge in [0.25, 0.3) is 0 Å². The predicted octanol–water partition coefficient (Wildman–Crippen LogP) is 5.73. The highest BCUT2D eigenvalue weighted by Crippen LogP contribution is 2.38. The zero-order valence-electron chi connectivity index (χ0n) is 13.3. The molecular formula is C20H17ClN2O. The van der Waals surface area contributed by atoms with Crippen molar-refractivity contribution in [3.05, 3.63) is 47.5 Å². The van der Waals surface area contributed by atoms with Crippen LogP contribution in [0, 0.1) is 0 Å². The van der Waals surface area contributed by atoms with E-state index in [4.69, 9.17) is 16.0 Å². The third kappa shape index (κ3) is 2.15.